The lowest BCUT2D eigenvalue weighted by Gasteiger charge is -2.43. The molecule has 11 rings (SSSR count). The van der Waals surface area contributed by atoms with E-state index in [-0.39, 0.29) is 5.82 Å². The number of benzene rings is 9. The SMILES string of the molecule is C#C[C@]1(COC(c2ccccc2)(c2ccccc2)c2ccc(OC)cc2)O[C@@H](n2ccc(NC(c3ccccc3)(c3ccccc3)c3ccc(OC)cc3)nc2=O)[C@H](F)[C@@H]1OC(c1ccccc1)(c1ccccc1)c1ccc(OC)cc1. The van der Waals surface area contributed by atoms with Gasteiger partial charge in [0.05, 0.1) is 27.9 Å². The Balaban J connectivity index is 1.09. The lowest BCUT2D eigenvalue weighted by atomic mass is 9.77. The molecule has 82 heavy (non-hydrogen) atoms. The summed E-state index contributed by atoms with van der Waals surface area (Å²) in [5.74, 6) is 5.04. The summed E-state index contributed by atoms with van der Waals surface area (Å²) in [5, 5.41) is 3.68. The summed E-state index contributed by atoms with van der Waals surface area (Å²) in [6.45, 7) is -0.455. The number of hydrogen-bond acceptors (Lipinski definition) is 9. The number of terminal acetylenes is 1. The maximum absolute atomic E-state index is 19.1. The Bertz CT molecular complexity index is 3680. The Kier molecular flexibility index (Phi) is 15.7. The molecule has 0 unspecified atom stereocenters. The van der Waals surface area contributed by atoms with Gasteiger partial charge in [-0.1, -0.05) is 224 Å². The first-order valence-corrected chi connectivity index (χ1v) is 27.0. The fourth-order valence-corrected chi connectivity index (χ4v) is 11.4. The van der Waals surface area contributed by atoms with Crippen molar-refractivity contribution in [2.45, 2.75) is 40.8 Å². The number of nitrogens with zero attached hydrogens (tertiary/aromatic N) is 2. The third-order valence-electron chi connectivity index (χ3n) is 15.5. The number of anilines is 1. The van der Waals surface area contributed by atoms with Crippen LogP contribution >= 0.6 is 0 Å². The van der Waals surface area contributed by atoms with Gasteiger partial charge in [0, 0.05) is 6.20 Å². The molecule has 1 saturated heterocycles. The van der Waals surface area contributed by atoms with Crippen molar-refractivity contribution in [3.05, 3.63) is 328 Å². The summed E-state index contributed by atoms with van der Waals surface area (Å²) in [4.78, 5) is 19.8. The average Bonchev–Trinajstić information content (AvgIpc) is 4.02. The molecule has 0 aliphatic carbocycles. The third kappa shape index (κ3) is 9.98. The van der Waals surface area contributed by atoms with Crippen LogP contribution in [0.4, 0.5) is 10.2 Å². The standard InChI is InChI=1S/C71H60FN3O7/c1-5-68(50-80-70(54-28-16-8-17-29-54,55-30-18-9-19-31-55)58-38-44-61(78-3)45-39-58)65(81-71(56-32-20-10-21-33-56,57-34-22-11-23-35-57)59-40-46-62(79-4)47-41-59)64(72)66(82-68)75-49-48-63(73-67(75)76)74-69(51-24-12-6-13-25-51,52-26-14-7-15-27-52)53-36-42-60(77-2)43-37-53/h1,6-49,64-66H,50H2,2-4H3,(H,73,74,76)/t64-,65+,66-,68-/m1/s1. The number of nitrogens with one attached hydrogen (secondary N) is 1. The predicted octanol–water partition coefficient (Wildman–Crippen LogP) is 13.3. The molecule has 0 radical (unpaired) electrons. The lowest BCUT2D eigenvalue weighted by molar-refractivity contribution is -0.160. The summed E-state index contributed by atoms with van der Waals surface area (Å²) in [5.41, 5.74) is -0.145. The fraction of sp³-hybridized carbons (Fsp3) is 0.155. The Morgan fingerprint density at radius 2 is 0.854 bits per heavy atom. The van der Waals surface area contributed by atoms with Crippen LogP contribution in [0.2, 0.25) is 0 Å². The van der Waals surface area contributed by atoms with Crippen molar-refractivity contribution in [3.63, 3.8) is 0 Å². The lowest BCUT2D eigenvalue weighted by Crippen LogP contribution is -2.52. The van der Waals surface area contributed by atoms with Crippen LogP contribution in [0.15, 0.2) is 272 Å². The van der Waals surface area contributed by atoms with E-state index in [1.165, 1.54) is 6.20 Å². The average molecular weight is 1090 g/mol. The number of rotatable bonds is 20. The van der Waals surface area contributed by atoms with Gasteiger partial charge in [0.1, 0.15) is 45.9 Å². The maximum atomic E-state index is 19.1. The molecule has 1 fully saturated rings. The van der Waals surface area contributed by atoms with Crippen molar-refractivity contribution in [2.24, 2.45) is 0 Å². The van der Waals surface area contributed by atoms with Crippen LogP contribution < -0.4 is 25.2 Å². The van der Waals surface area contributed by atoms with Gasteiger partial charge in [-0.15, -0.1) is 6.42 Å². The molecule has 0 saturated carbocycles. The van der Waals surface area contributed by atoms with Crippen LogP contribution in [0.5, 0.6) is 17.2 Å². The normalized spacial score (nSPS) is 17.1. The minimum atomic E-state index is -2.14. The fourth-order valence-electron chi connectivity index (χ4n) is 11.4. The molecule has 408 valence electrons. The molecule has 1 N–H and O–H groups in total. The highest BCUT2D eigenvalue weighted by atomic mass is 19.1. The van der Waals surface area contributed by atoms with Crippen molar-refractivity contribution in [3.8, 4) is 29.6 Å². The first-order valence-electron chi connectivity index (χ1n) is 27.0. The van der Waals surface area contributed by atoms with E-state index in [1.807, 2.05) is 255 Å². The van der Waals surface area contributed by atoms with Crippen LogP contribution in [0.1, 0.15) is 56.3 Å². The minimum Gasteiger partial charge on any atom is -0.497 e. The quantitative estimate of drug-likeness (QED) is 0.0590. The monoisotopic (exact) mass is 1090 g/mol. The molecule has 9 aromatic carbocycles. The van der Waals surface area contributed by atoms with Crippen LogP contribution in [-0.2, 0) is 31.0 Å². The van der Waals surface area contributed by atoms with E-state index < -0.39 is 53.1 Å². The molecule has 10 aromatic rings. The molecular weight excluding hydrogens is 1030 g/mol. The van der Waals surface area contributed by atoms with Crippen molar-refractivity contribution >= 4 is 5.82 Å². The van der Waals surface area contributed by atoms with Gasteiger partial charge in [-0.25, -0.2) is 9.18 Å². The van der Waals surface area contributed by atoms with Gasteiger partial charge in [-0.05, 0) is 92.5 Å². The topological polar surface area (TPSA) is 102 Å². The second kappa shape index (κ2) is 23.6. The van der Waals surface area contributed by atoms with E-state index in [2.05, 4.69) is 16.2 Å². The minimum absolute atomic E-state index is 0.208. The second-order valence-corrected chi connectivity index (χ2v) is 19.9. The van der Waals surface area contributed by atoms with E-state index >= 15 is 9.18 Å². The van der Waals surface area contributed by atoms with E-state index in [9.17, 15) is 0 Å². The number of alkyl halides is 1. The zero-order chi connectivity index (χ0) is 56.6. The molecule has 1 aromatic heterocycles. The van der Waals surface area contributed by atoms with Gasteiger partial charge in [-0.2, -0.15) is 4.98 Å². The number of halogens is 1. The smallest absolute Gasteiger partial charge is 0.351 e. The van der Waals surface area contributed by atoms with Gasteiger partial charge in [-0.3, -0.25) is 4.57 Å². The first-order chi connectivity index (χ1) is 40.2. The first kappa shape index (κ1) is 54.4. The molecule has 2 heterocycles. The van der Waals surface area contributed by atoms with Crippen molar-refractivity contribution in [1.29, 1.82) is 0 Å². The second-order valence-electron chi connectivity index (χ2n) is 19.9. The molecule has 0 spiro atoms. The van der Waals surface area contributed by atoms with Crippen LogP contribution in [0.3, 0.4) is 0 Å². The molecule has 1 aliphatic heterocycles. The molecular formula is C71H60FN3O7. The largest absolute Gasteiger partial charge is 0.497 e. The molecule has 0 amide bonds. The van der Waals surface area contributed by atoms with E-state index in [0.717, 1.165) is 37.9 Å². The third-order valence-corrected chi connectivity index (χ3v) is 15.5. The highest BCUT2D eigenvalue weighted by molar-refractivity contribution is 5.59. The van der Waals surface area contributed by atoms with Crippen molar-refractivity contribution in [1.82, 2.24) is 9.55 Å². The number of methoxy groups -OCH3 is 3. The van der Waals surface area contributed by atoms with Crippen molar-refractivity contribution < 1.29 is 32.8 Å². The Morgan fingerprint density at radius 1 is 0.512 bits per heavy atom. The molecule has 10 nitrogen and oxygen atoms in total. The van der Waals surface area contributed by atoms with Crippen LogP contribution in [0, 0.1) is 12.3 Å². The molecule has 11 heteroatoms. The highest BCUT2D eigenvalue weighted by Gasteiger charge is 2.61. The summed E-state index contributed by atoms with van der Waals surface area (Å²) in [6, 6.07) is 82.9. The number of hydrogen-bond donors (Lipinski definition) is 1. The summed E-state index contributed by atoms with van der Waals surface area (Å²) in [7, 11) is 4.82. The zero-order valence-electron chi connectivity index (χ0n) is 45.6. The number of aromatic nitrogens is 2. The zero-order valence-corrected chi connectivity index (χ0v) is 45.6. The predicted molar refractivity (Wildman–Crippen MR) is 317 cm³/mol. The van der Waals surface area contributed by atoms with Gasteiger partial charge in [0.2, 0.25) is 0 Å². The Hall–Kier alpha value is -9.57. The van der Waals surface area contributed by atoms with Crippen LogP contribution in [0.25, 0.3) is 0 Å². The summed E-state index contributed by atoms with van der Waals surface area (Å²) >= 11 is 0. The maximum Gasteiger partial charge on any atom is 0.351 e. The van der Waals surface area contributed by atoms with Gasteiger partial charge >= 0.3 is 5.69 Å². The Morgan fingerprint density at radius 3 is 1.23 bits per heavy atom. The summed E-state index contributed by atoms with van der Waals surface area (Å²) in [6.07, 6.45) is 2.86. The van der Waals surface area contributed by atoms with E-state index in [0.29, 0.717) is 33.9 Å². The molecule has 4 atom stereocenters. The van der Waals surface area contributed by atoms with E-state index in [4.69, 9.17) is 34.8 Å². The van der Waals surface area contributed by atoms with Gasteiger partial charge in [0.15, 0.2) is 18.0 Å². The van der Waals surface area contributed by atoms with Gasteiger partial charge in [0.25, 0.3) is 0 Å². The van der Waals surface area contributed by atoms with Gasteiger partial charge < -0.3 is 33.7 Å². The van der Waals surface area contributed by atoms with E-state index in [1.54, 1.807) is 27.4 Å². The molecule has 0 bridgehead atoms. The molecule has 1 aliphatic rings. The Labute approximate surface area is 477 Å². The van der Waals surface area contributed by atoms with Crippen molar-refractivity contribution in [2.75, 3.05) is 33.3 Å². The van der Waals surface area contributed by atoms with Crippen LogP contribution in [-0.4, -0.2) is 55.4 Å². The number of ether oxygens (including phenoxy) is 6. The highest BCUT2D eigenvalue weighted by Crippen LogP contribution is 2.51. The summed E-state index contributed by atoms with van der Waals surface area (Å²) < 4.78 is 59.4.